The molecule has 0 aromatic carbocycles. The first-order valence-electron chi connectivity index (χ1n) is 4.10. The van der Waals surface area contributed by atoms with Gasteiger partial charge in [0.2, 0.25) is 0 Å². The van der Waals surface area contributed by atoms with Crippen molar-refractivity contribution in [1.82, 2.24) is 5.32 Å². The zero-order valence-electron chi connectivity index (χ0n) is 6.80. The van der Waals surface area contributed by atoms with Crippen LogP contribution >= 0.6 is 0 Å². The highest BCUT2D eigenvalue weighted by molar-refractivity contribution is 4.89. The first-order chi connectivity index (χ1) is 4.75. The molecule has 60 valence electrons. The highest BCUT2D eigenvalue weighted by Gasteiger charge is 2.36. The number of hydrogen-bond acceptors (Lipinski definition) is 2. The zero-order valence-corrected chi connectivity index (χ0v) is 6.80. The van der Waals surface area contributed by atoms with Gasteiger partial charge in [0.05, 0.1) is 6.61 Å². The van der Waals surface area contributed by atoms with Crippen LogP contribution in [0.3, 0.4) is 0 Å². The van der Waals surface area contributed by atoms with E-state index < -0.39 is 0 Å². The Balaban J connectivity index is 2.04. The minimum atomic E-state index is 0.255. The summed E-state index contributed by atoms with van der Waals surface area (Å²) in [5.74, 6) is 1.77. The van der Waals surface area contributed by atoms with Crippen LogP contribution < -0.4 is 5.32 Å². The number of nitrogens with one attached hydrogen (secondary N) is 1. The molecule has 2 heteroatoms. The van der Waals surface area contributed by atoms with Crippen LogP contribution in [0.5, 0.6) is 0 Å². The number of hydrogen-bond donors (Lipinski definition) is 2. The fraction of sp³-hybridized carbons (Fsp3) is 1.00. The minimum absolute atomic E-state index is 0.255. The highest BCUT2D eigenvalue weighted by atomic mass is 16.3. The van der Waals surface area contributed by atoms with Gasteiger partial charge in [0.15, 0.2) is 0 Å². The van der Waals surface area contributed by atoms with Gasteiger partial charge < -0.3 is 10.4 Å². The quantitative estimate of drug-likeness (QED) is 0.604. The third-order valence-corrected chi connectivity index (χ3v) is 2.39. The van der Waals surface area contributed by atoms with Crippen molar-refractivity contribution in [3.8, 4) is 0 Å². The summed E-state index contributed by atoms with van der Waals surface area (Å²) in [6.45, 7) is 5.47. The molecule has 3 atom stereocenters. The van der Waals surface area contributed by atoms with E-state index in [-0.39, 0.29) is 6.61 Å². The third-order valence-electron chi connectivity index (χ3n) is 2.39. The Hall–Kier alpha value is -0.0800. The summed E-state index contributed by atoms with van der Waals surface area (Å²) >= 11 is 0. The van der Waals surface area contributed by atoms with Gasteiger partial charge in [-0.05, 0) is 25.2 Å². The Kier molecular flexibility index (Phi) is 2.69. The van der Waals surface area contributed by atoms with E-state index in [1.165, 1.54) is 6.42 Å². The number of rotatable bonds is 4. The molecule has 1 unspecified atom stereocenters. The molecule has 2 N–H and O–H groups in total. The molecular formula is C8H17NO. The predicted molar refractivity (Wildman–Crippen MR) is 41.8 cm³/mol. The molecule has 1 rings (SSSR count). The van der Waals surface area contributed by atoms with Gasteiger partial charge in [-0.1, -0.05) is 6.92 Å². The van der Waals surface area contributed by atoms with Gasteiger partial charge >= 0.3 is 0 Å². The lowest BCUT2D eigenvalue weighted by Crippen LogP contribution is -2.30. The van der Waals surface area contributed by atoms with E-state index in [2.05, 4.69) is 19.2 Å². The average molecular weight is 143 g/mol. The largest absolute Gasteiger partial charge is 0.395 e. The lowest BCUT2D eigenvalue weighted by atomic mass is 10.2. The third kappa shape index (κ3) is 1.96. The molecule has 1 aliphatic carbocycles. The van der Waals surface area contributed by atoms with Gasteiger partial charge in [-0.3, -0.25) is 0 Å². The van der Waals surface area contributed by atoms with Crippen molar-refractivity contribution in [3.63, 3.8) is 0 Å². The Labute approximate surface area is 62.6 Å². The summed E-state index contributed by atoms with van der Waals surface area (Å²) in [4.78, 5) is 0. The molecule has 0 bridgehead atoms. The van der Waals surface area contributed by atoms with E-state index in [0.717, 1.165) is 18.4 Å². The molecule has 0 spiro atoms. The molecular weight excluding hydrogens is 126 g/mol. The normalized spacial score (nSPS) is 33.9. The van der Waals surface area contributed by atoms with Crippen LogP contribution in [0.15, 0.2) is 0 Å². The standard InChI is InChI=1S/C8H17NO/c1-6-5-8(6)7(2)9-3-4-10/h6-10H,3-5H2,1-2H3/t6-,7?,8-/m1/s1. The summed E-state index contributed by atoms with van der Waals surface area (Å²) in [6, 6.07) is 0.599. The van der Waals surface area contributed by atoms with Crippen LogP contribution in [0.25, 0.3) is 0 Å². The van der Waals surface area contributed by atoms with Crippen LogP contribution in [0, 0.1) is 11.8 Å². The van der Waals surface area contributed by atoms with Crippen molar-refractivity contribution in [2.75, 3.05) is 13.2 Å². The number of aliphatic hydroxyl groups is 1. The molecule has 0 heterocycles. The minimum Gasteiger partial charge on any atom is -0.395 e. The Morgan fingerprint density at radius 3 is 2.70 bits per heavy atom. The van der Waals surface area contributed by atoms with Crippen molar-refractivity contribution in [2.24, 2.45) is 11.8 Å². The molecule has 10 heavy (non-hydrogen) atoms. The van der Waals surface area contributed by atoms with Gasteiger partial charge in [0.25, 0.3) is 0 Å². The van der Waals surface area contributed by atoms with Crippen molar-refractivity contribution >= 4 is 0 Å². The molecule has 0 aromatic heterocycles. The summed E-state index contributed by atoms with van der Waals surface area (Å²) in [5.41, 5.74) is 0. The molecule has 0 aromatic rings. The second-order valence-corrected chi connectivity index (χ2v) is 3.34. The van der Waals surface area contributed by atoms with E-state index in [4.69, 9.17) is 5.11 Å². The van der Waals surface area contributed by atoms with E-state index in [1.807, 2.05) is 0 Å². The fourth-order valence-corrected chi connectivity index (χ4v) is 1.49. The molecule has 1 fully saturated rings. The topological polar surface area (TPSA) is 32.3 Å². The van der Waals surface area contributed by atoms with Gasteiger partial charge in [-0.2, -0.15) is 0 Å². The second kappa shape index (κ2) is 3.35. The first kappa shape index (κ1) is 8.02. The molecule has 0 saturated heterocycles. The lowest BCUT2D eigenvalue weighted by molar-refractivity contribution is 0.281. The Morgan fingerprint density at radius 2 is 2.30 bits per heavy atom. The van der Waals surface area contributed by atoms with E-state index in [1.54, 1.807) is 0 Å². The van der Waals surface area contributed by atoms with Gasteiger partial charge in [-0.15, -0.1) is 0 Å². The smallest absolute Gasteiger partial charge is 0.0556 e. The van der Waals surface area contributed by atoms with Crippen LogP contribution in [-0.4, -0.2) is 24.3 Å². The van der Waals surface area contributed by atoms with Gasteiger partial charge in [0.1, 0.15) is 0 Å². The fourth-order valence-electron chi connectivity index (χ4n) is 1.49. The molecule has 1 saturated carbocycles. The van der Waals surface area contributed by atoms with Crippen LogP contribution in [-0.2, 0) is 0 Å². The number of aliphatic hydroxyl groups excluding tert-OH is 1. The van der Waals surface area contributed by atoms with Crippen molar-refractivity contribution < 1.29 is 5.11 Å². The first-order valence-corrected chi connectivity index (χ1v) is 4.10. The summed E-state index contributed by atoms with van der Waals surface area (Å²) in [6.07, 6.45) is 1.36. The highest BCUT2D eigenvalue weighted by Crippen LogP contribution is 2.40. The SMILES string of the molecule is CC(NCCO)[C@@H]1C[C@H]1C. The van der Waals surface area contributed by atoms with Crippen molar-refractivity contribution in [3.05, 3.63) is 0 Å². The van der Waals surface area contributed by atoms with Crippen molar-refractivity contribution in [1.29, 1.82) is 0 Å². The van der Waals surface area contributed by atoms with E-state index in [9.17, 15) is 0 Å². The maximum atomic E-state index is 8.52. The lowest BCUT2D eigenvalue weighted by Gasteiger charge is -2.11. The van der Waals surface area contributed by atoms with E-state index >= 15 is 0 Å². The molecule has 0 amide bonds. The molecule has 0 radical (unpaired) electrons. The van der Waals surface area contributed by atoms with Crippen molar-refractivity contribution in [2.45, 2.75) is 26.3 Å². The van der Waals surface area contributed by atoms with E-state index in [0.29, 0.717) is 6.04 Å². The predicted octanol–water partition coefficient (Wildman–Crippen LogP) is 0.613. The van der Waals surface area contributed by atoms with Crippen LogP contribution in [0.4, 0.5) is 0 Å². The molecule has 2 nitrogen and oxygen atoms in total. The van der Waals surface area contributed by atoms with Gasteiger partial charge in [0, 0.05) is 12.6 Å². The Morgan fingerprint density at radius 1 is 1.70 bits per heavy atom. The maximum Gasteiger partial charge on any atom is 0.0556 e. The maximum absolute atomic E-state index is 8.52. The molecule has 1 aliphatic rings. The van der Waals surface area contributed by atoms with Crippen LogP contribution in [0.2, 0.25) is 0 Å². The van der Waals surface area contributed by atoms with Crippen LogP contribution in [0.1, 0.15) is 20.3 Å². The molecule has 0 aliphatic heterocycles. The van der Waals surface area contributed by atoms with Gasteiger partial charge in [-0.25, -0.2) is 0 Å². The monoisotopic (exact) mass is 143 g/mol. The zero-order chi connectivity index (χ0) is 7.56. The second-order valence-electron chi connectivity index (χ2n) is 3.34. The summed E-state index contributed by atoms with van der Waals surface area (Å²) in [5, 5.41) is 11.8. The average Bonchev–Trinajstić information content (AvgIpc) is 2.62. The summed E-state index contributed by atoms with van der Waals surface area (Å²) < 4.78 is 0. The summed E-state index contributed by atoms with van der Waals surface area (Å²) in [7, 11) is 0. The Bertz CT molecular complexity index is 105.